The number of piperidine rings is 1. The molecule has 1 heterocycles. The first-order valence-corrected chi connectivity index (χ1v) is 8.78. The maximum absolute atomic E-state index is 12.2. The SMILES string of the molecule is CC(C)(C)OC(=O)N1CCC(C(=O)NCCOc2ccccc2)CC1. The molecule has 1 N–H and O–H groups in total. The highest BCUT2D eigenvalue weighted by Gasteiger charge is 2.29. The molecule has 1 aromatic carbocycles. The molecule has 138 valence electrons. The minimum Gasteiger partial charge on any atom is -0.492 e. The number of carbonyl (C=O) groups excluding carboxylic acids is 2. The Morgan fingerprint density at radius 1 is 1.16 bits per heavy atom. The lowest BCUT2D eigenvalue weighted by atomic mass is 9.96. The molecule has 1 aromatic rings. The predicted octanol–water partition coefficient (Wildman–Crippen LogP) is 2.83. The van der Waals surface area contributed by atoms with Crippen LogP contribution in [0.4, 0.5) is 4.79 Å². The lowest BCUT2D eigenvalue weighted by Crippen LogP contribution is -2.45. The van der Waals surface area contributed by atoms with Crippen LogP contribution in [-0.2, 0) is 9.53 Å². The smallest absolute Gasteiger partial charge is 0.410 e. The number of ether oxygens (including phenoxy) is 2. The molecule has 1 fully saturated rings. The van der Waals surface area contributed by atoms with Crippen molar-refractivity contribution >= 4 is 12.0 Å². The highest BCUT2D eigenvalue weighted by molar-refractivity contribution is 5.79. The van der Waals surface area contributed by atoms with Crippen molar-refractivity contribution in [1.29, 1.82) is 0 Å². The molecule has 25 heavy (non-hydrogen) atoms. The normalized spacial score (nSPS) is 15.6. The van der Waals surface area contributed by atoms with E-state index in [2.05, 4.69) is 5.32 Å². The van der Waals surface area contributed by atoms with Gasteiger partial charge in [-0.1, -0.05) is 18.2 Å². The van der Waals surface area contributed by atoms with Crippen molar-refractivity contribution < 1.29 is 19.1 Å². The Hall–Kier alpha value is -2.24. The average Bonchev–Trinajstić information content (AvgIpc) is 2.58. The van der Waals surface area contributed by atoms with E-state index >= 15 is 0 Å². The Morgan fingerprint density at radius 2 is 1.80 bits per heavy atom. The molecule has 0 atom stereocenters. The number of nitrogens with one attached hydrogen (secondary N) is 1. The summed E-state index contributed by atoms with van der Waals surface area (Å²) in [6.07, 6.45) is 1.01. The molecular weight excluding hydrogens is 320 g/mol. The van der Waals surface area contributed by atoms with Crippen molar-refractivity contribution in [3.05, 3.63) is 30.3 Å². The topological polar surface area (TPSA) is 67.9 Å². The lowest BCUT2D eigenvalue weighted by Gasteiger charge is -2.32. The molecule has 1 aliphatic rings. The zero-order valence-corrected chi connectivity index (χ0v) is 15.3. The first-order valence-electron chi connectivity index (χ1n) is 8.78. The molecule has 0 aromatic heterocycles. The molecular formula is C19H28N2O4. The summed E-state index contributed by atoms with van der Waals surface area (Å²) in [6.45, 7) is 7.56. The number of hydrogen-bond donors (Lipinski definition) is 1. The van der Waals surface area contributed by atoms with Crippen LogP contribution < -0.4 is 10.1 Å². The van der Waals surface area contributed by atoms with Gasteiger partial charge in [0, 0.05) is 19.0 Å². The number of nitrogens with zero attached hydrogens (tertiary/aromatic N) is 1. The highest BCUT2D eigenvalue weighted by Crippen LogP contribution is 2.19. The van der Waals surface area contributed by atoms with Gasteiger partial charge in [0.25, 0.3) is 0 Å². The second-order valence-electron chi connectivity index (χ2n) is 7.19. The fourth-order valence-electron chi connectivity index (χ4n) is 2.65. The number of carbonyl (C=O) groups is 2. The Balaban J connectivity index is 1.64. The van der Waals surface area contributed by atoms with Crippen LogP contribution in [0.3, 0.4) is 0 Å². The fourth-order valence-corrected chi connectivity index (χ4v) is 2.65. The van der Waals surface area contributed by atoms with Gasteiger partial charge in [0.15, 0.2) is 0 Å². The molecule has 0 unspecified atom stereocenters. The maximum atomic E-state index is 12.2. The van der Waals surface area contributed by atoms with Gasteiger partial charge >= 0.3 is 6.09 Å². The summed E-state index contributed by atoms with van der Waals surface area (Å²) < 4.78 is 10.9. The summed E-state index contributed by atoms with van der Waals surface area (Å²) in [5, 5.41) is 2.91. The maximum Gasteiger partial charge on any atom is 0.410 e. The molecule has 0 radical (unpaired) electrons. The zero-order valence-electron chi connectivity index (χ0n) is 15.3. The molecule has 0 saturated carbocycles. The molecule has 0 spiro atoms. The fraction of sp³-hybridized carbons (Fsp3) is 0.579. The van der Waals surface area contributed by atoms with Gasteiger partial charge in [0.1, 0.15) is 18.0 Å². The summed E-state index contributed by atoms with van der Waals surface area (Å²) >= 11 is 0. The molecule has 6 heteroatoms. The van der Waals surface area contributed by atoms with Crippen molar-refractivity contribution in [2.24, 2.45) is 5.92 Å². The van der Waals surface area contributed by atoms with Crippen LogP contribution in [0.25, 0.3) is 0 Å². The summed E-state index contributed by atoms with van der Waals surface area (Å²) in [5.74, 6) is 0.762. The van der Waals surface area contributed by atoms with Crippen LogP contribution in [0.15, 0.2) is 30.3 Å². The van der Waals surface area contributed by atoms with Crippen LogP contribution in [0.2, 0.25) is 0 Å². The summed E-state index contributed by atoms with van der Waals surface area (Å²) in [7, 11) is 0. The number of rotatable bonds is 5. The third-order valence-corrected chi connectivity index (χ3v) is 3.93. The van der Waals surface area contributed by atoms with E-state index in [9.17, 15) is 9.59 Å². The van der Waals surface area contributed by atoms with Gasteiger partial charge in [-0.25, -0.2) is 4.79 Å². The summed E-state index contributed by atoms with van der Waals surface area (Å²) in [6, 6.07) is 9.51. The van der Waals surface area contributed by atoms with E-state index in [1.54, 1.807) is 4.90 Å². The van der Waals surface area contributed by atoms with Gasteiger partial charge in [-0.05, 0) is 45.7 Å². The van der Waals surface area contributed by atoms with Crippen molar-refractivity contribution in [3.63, 3.8) is 0 Å². The van der Waals surface area contributed by atoms with Crippen LogP contribution in [-0.4, -0.2) is 48.7 Å². The zero-order chi connectivity index (χ0) is 18.3. The first-order chi connectivity index (χ1) is 11.8. The number of hydrogen-bond acceptors (Lipinski definition) is 4. The number of likely N-dealkylation sites (tertiary alicyclic amines) is 1. The number of para-hydroxylation sites is 1. The predicted molar refractivity (Wildman–Crippen MR) is 95.5 cm³/mol. The highest BCUT2D eigenvalue weighted by atomic mass is 16.6. The van der Waals surface area contributed by atoms with Crippen LogP contribution in [0.5, 0.6) is 5.75 Å². The van der Waals surface area contributed by atoms with Crippen molar-refractivity contribution in [3.8, 4) is 5.75 Å². The first kappa shape index (κ1) is 19.1. The second-order valence-corrected chi connectivity index (χ2v) is 7.19. The summed E-state index contributed by atoms with van der Waals surface area (Å²) in [5.41, 5.74) is -0.496. The van der Waals surface area contributed by atoms with E-state index in [0.29, 0.717) is 39.1 Å². The third-order valence-electron chi connectivity index (χ3n) is 3.93. The van der Waals surface area contributed by atoms with Crippen molar-refractivity contribution in [1.82, 2.24) is 10.2 Å². The minimum absolute atomic E-state index is 0.0282. The van der Waals surface area contributed by atoms with Gasteiger partial charge in [-0.3, -0.25) is 4.79 Å². The van der Waals surface area contributed by atoms with E-state index in [1.165, 1.54) is 0 Å². The molecule has 2 amide bonds. The monoisotopic (exact) mass is 348 g/mol. The summed E-state index contributed by atoms with van der Waals surface area (Å²) in [4.78, 5) is 25.9. The largest absolute Gasteiger partial charge is 0.492 e. The van der Waals surface area contributed by atoms with Gasteiger partial charge in [-0.15, -0.1) is 0 Å². The van der Waals surface area contributed by atoms with Gasteiger partial charge in [-0.2, -0.15) is 0 Å². The van der Waals surface area contributed by atoms with E-state index in [1.807, 2.05) is 51.1 Å². The quantitative estimate of drug-likeness (QED) is 0.831. The van der Waals surface area contributed by atoms with Crippen molar-refractivity contribution in [2.75, 3.05) is 26.2 Å². The van der Waals surface area contributed by atoms with Crippen molar-refractivity contribution in [2.45, 2.75) is 39.2 Å². The van der Waals surface area contributed by atoms with Gasteiger partial charge < -0.3 is 19.7 Å². The van der Waals surface area contributed by atoms with E-state index in [0.717, 1.165) is 5.75 Å². The Bertz CT molecular complexity index is 561. The van der Waals surface area contributed by atoms with E-state index in [-0.39, 0.29) is 17.9 Å². The molecule has 0 bridgehead atoms. The Labute approximate surface area is 149 Å². The van der Waals surface area contributed by atoms with Crippen LogP contribution in [0.1, 0.15) is 33.6 Å². The standard InChI is InChI=1S/C19H28N2O4/c1-19(2,3)25-18(23)21-12-9-15(10-13-21)17(22)20-11-14-24-16-7-5-4-6-8-16/h4-8,15H,9-14H2,1-3H3,(H,20,22). The molecule has 6 nitrogen and oxygen atoms in total. The molecule has 1 aliphatic heterocycles. The third kappa shape index (κ3) is 6.64. The Morgan fingerprint density at radius 3 is 2.40 bits per heavy atom. The minimum atomic E-state index is -0.496. The average molecular weight is 348 g/mol. The lowest BCUT2D eigenvalue weighted by molar-refractivity contribution is -0.126. The molecule has 0 aliphatic carbocycles. The second kappa shape index (κ2) is 8.74. The molecule has 1 saturated heterocycles. The van der Waals surface area contributed by atoms with E-state index in [4.69, 9.17) is 9.47 Å². The van der Waals surface area contributed by atoms with E-state index < -0.39 is 5.60 Å². The van der Waals surface area contributed by atoms with Crippen LogP contribution >= 0.6 is 0 Å². The number of amides is 2. The Kier molecular flexibility index (Phi) is 6.67. The van der Waals surface area contributed by atoms with Gasteiger partial charge in [0.2, 0.25) is 5.91 Å². The number of benzene rings is 1. The van der Waals surface area contributed by atoms with Crippen LogP contribution in [0, 0.1) is 5.92 Å². The molecule has 2 rings (SSSR count). The van der Waals surface area contributed by atoms with Gasteiger partial charge in [0.05, 0.1) is 6.54 Å².